The van der Waals surface area contributed by atoms with Gasteiger partial charge in [0.2, 0.25) is 0 Å². The predicted octanol–water partition coefficient (Wildman–Crippen LogP) is 5.36. The largest absolute Gasteiger partial charge is 0.511 e. The van der Waals surface area contributed by atoms with Crippen molar-refractivity contribution in [1.82, 2.24) is 4.90 Å². The van der Waals surface area contributed by atoms with E-state index in [1.807, 2.05) is 12.1 Å². The Bertz CT molecular complexity index is 1000. The van der Waals surface area contributed by atoms with Crippen LogP contribution >= 0.6 is 11.8 Å². The van der Waals surface area contributed by atoms with E-state index in [1.165, 1.54) is 17.7 Å². The number of aryl methyl sites for hydroxylation is 1. The molecule has 0 spiro atoms. The highest BCUT2D eigenvalue weighted by Gasteiger charge is 2.21. The molecule has 162 valence electrons. The van der Waals surface area contributed by atoms with Crippen molar-refractivity contribution in [3.63, 3.8) is 0 Å². The number of benzene rings is 2. The van der Waals surface area contributed by atoms with E-state index in [2.05, 4.69) is 17.0 Å². The number of fused-ring (bicyclic) bond motifs is 1. The highest BCUT2D eigenvalue weighted by atomic mass is 32.2. The third-order valence-corrected chi connectivity index (χ3v) is 6.41. The van der Waals surface area contributed by atoms with Crippen LogP contribution in [0.15, 0.2) is 65.4 Å². The van der Waals surface area contributed by atoms with Gasteiger partial charge in [-0.1, -0.05) is 30.3 Å². The molecule has 0 aromatic heterocycles. The Labute approximate surface area is 185 Å². The first-order valence-electron chi connectivity index (χ1n) is 10.3. The summed E-state index contributed by atoms with van der Waals surface area (Å²) in [6.45, 7) is 2.06. The molecule has 2 aliphatic rings. The molecule has 0 saturated carbocycles. The summed E-state index contributed by atoms with van der Waals surface area (Å²) >= 11 is 1.59. The molecule has 2 aliphatic heterocycles. The number of rotatable bonds is 8. The van der Waals surface area contributed by atoms with Crippen LogP contribution in [-0.2, 0) is 24.1 Å². The molecule has 0 fully saturated rings. The molecule has 0 atom stereocenters. The Morgan fingerprint density at radius 1 is 1.19 bits per heavy atom. The van der Waals surface area contributed by atoms with Gasteiger partial charge >= 0.3 is 6.16 Å². The van der Waals surface area contributed by atoms with Crippen molar-refractivity contribution in [1.29, 1.82) is 0 Å². The van der Waals surface area contributed by atoms with Crippen LogP contribution in [0.4, 0.5) is 9.18 Å². The van der Waals surface area contributed by atoms with Crippen LogP contribution in [0.2, 0.25) is 0 Å². The average Bonchev–Trinajstić information content (AvgIpc) is 3.21. The maximum Gasteiger partial charge on any atom is 0.511 e. The molecule has 0 saturated heterocycles. The van der Waals surface area contributed by atoms with Gasteiger partial charge in [0.1, 0.15) is 16.6 Å². The molecular formula is C24H24FNO4S. The second-order valence-electron chi connectivity index (χ2n) is 7.44. The molecule has 0 radical (unpaired) electrons. The first kappa shape index (κ1) is 21.3. The maximum atomic E-state index is 13.1. The van der Waals surface area contributed by atoms with Crippen molar-refractivity contribution in [2.24, 2.45) is 0 Å². The number of ether oxygens (including phenoxy) is 2. The fraction of sp³-hybridized carbons (Fsp3) is 0.292. The lowest BCUT2D eigenvalue weighted by Gasteiger charge is -2.29. The molecule has 0 aliphatic carbocycles. The van der Waals surface area contributed by atoms with E-state index in [-0.39, 0.29) is 5.82 Å². The quantitative estimate of drug-likeness (QED) is 0.440. The average molecular weight is 442 g/mol. The Morgan fingerprint density at radius 3 is 2.81 bits per heavy atom. The van der Waals surface area contributed by atoms with Crippen LogP contribution in [0, 0.1) is 5.82 Å². The molecular weight excluding hydrogens is 417 g/mol. The molecule has 2 aromatic rings. The van der Waals surface area contributed by atoms with E-state index in [9.17, 15) is 9.18 Å². The molecule has 31 heavy (non-hydrogen) atoms. The molecule has 0 amide bonds. The van der Waals surface area contributed by atoms with Gasteiger partial charge in [-0.2, -0.15) is 0 Å². The zero-order chi connectivity index (χ0) is 21.6. The van der Waals surface area contributed by atoms with Gasteiger partial charge in [-0.3, -0.25) is 0 Å². The van der Waals surface area contributed by atoms with Gasteiger partial charge in [0.05, 0.1) is 6.61 Å². The monoisotopic (exact) mass is 441 g/mol. The summed E-state index contributed by atoms with van der Waals surface area (Å²) in [4.78, 5) is 13.3. The molecule has 2 heterocycles. The summed E-state index contributed by atoms with van der Waals surface area (Å²) in [6, 6.07) is 12.8. The fourth-order valence-corrected chi connectivity index (χ4v) is 4.78. The normalized spacial score (nSPS) is 15.1. The SMILES string of the molecule is O=C(O)OC1=C(SCCCc2ccc(F)cc2)N(Cc2ccc3c(c2)CCO3)CC=C1. The van der Waals surface area contributed by atoms with Crippen LogP contribution in [0.3, 0.4) is 0 Å². The highest BCUT2D eigenvalue weighted by molar-refractivity contribution is 8.03. The molecule has 5 nitrogen and oxygen atoms in total. The Hall–Kier alpha value is -2.93. The molecule has 4 rings (SSSR count). The van der Waals surface area contributed by atoms with Crippen molar-refractivity contribution in [2.75, 3.05) is 18.9 Å². The molecule has 0 bridgehead atoms. The summed E-state index contributed by atoms with van der Waals surface area (Å²) in [5.41, 5.74) is 3.45. The van der Waals surface area contributed by atoms with Gasteiger partial charge in [0, 0.05) is 19.5 Å². The van der Waals surface area contributed by atoms with Crippen LogP contribution < -0.4 is 4.74 Å². The minimum absolute atomic E-state index is 0.235. The third kappa shape index (κ3) is 5.61. The Balaban J connectivity index is 1.43. The lowest BCUT2D eigenvalue weighted by atomic mass is 10.1. The van der Waals surface area contributed by atoms with Crippen molar-refractivity contribution < 1.29 is 23.8 Å². The summed E-state index contributed by atoms with van der Waals surface area (Å²) in [5.74, 6) is 1.86. The number of carboxylic acid groups (broad SMARTS) is 1. The van der Waals surface area contributed by atoms with Gasteiger partial charge in [0.15, 0.2) is 5.76 Å². The molecule has 1 N–H and O–H groups in total. The van der Waals surface area contributed by atoms with E-state index in [0.717, 1.165) is 53.5 Å². The number of halogens is 1. The lowest BCUT2D eigenvalue weighted by Crippen LogP contribution is -2.26. The second kappa shape index (κ2) is 9.92. The van der Waals surface area contributed by atoms with Gasteiger partial charge in [-0.25, -0.2) is 9.18 Å². The van der Waals surface area contributed by atoms with Crippen molar-refractivity contribution >= 4 is 17.9 Å². The smallest absolute Gasteiger partial charge is 0.493 e. The summed E-state index contributed by atoms with van der Waals surface area (Å²) in [6.07, 6.45) is 4.95. The first-order chi connectivity index (χ1) is 15.1. The predicted molar refractivity (Wildman–Crippen MR) is 119 cm³/mol. The third-order valence-electron chi connectivity index (χ3n) is 5.18. The summed E-state index contributed by atoms with van der Waals surface area (Å²) < 4.78 is 23.7. The minimum Gasteiger partial charge on any atom is -0.493 e. The van der Waals surface area contributed by atoms with Crippen LogP contribution in [0.5, 0.6) is 5.75 Å². The van der Waals surface area contributed by atoms with Gasteiger partial charge in [-0.15, -0.1) is 11.8 Å². The molecule has 7 heteroatoms. The Kier molecular flexibility index (Phi) is 6.82. The Morgan fingerprint density at radius 2 is 2.00 bits per heavy atom. The van der Waals surface area contributed by atoms with E-state index < -0.39 is 6.16 Å². The van der Waals surface area contributed by atoms with Gasteiger partial charge in [0.25, 0.3) is 0 Å². The number of thioether (sulfide) groups is 1. The zero-order valence-electron chi connectivity index (χ0n) is 17.1. The number of hydrogen-bond acceptors (Lipinski definition) is 5. The number of nitrogens with zero attached hydrogens (tertiary/aromatic N) is 1. The van der Waals surface area contributed by atoms with E-state index in [1.54, 1.807) is 30.0 Å². The van der Waals surface area contributed by atoms with Crippen molar-refractivity contribution in [2.45, 2.75) is 25.8 Å². The van der Waals surface area contributed by atoms with Crippen LogP contribution in [0.1, 0.15) is 23.1 Å². The lowest BCUT2D eigenvalue weighted by molar-refractivity contribution is 0.119. The van der Waals surface area contributed by atoms with Gasteiger partial charge in [-0.05, 0) is 59.6 Å². The standard InChI is InChI=1S/C24H24FNO4S/c25-20-8-5-17(6-9-20)3-2-14-31-23-22(30-24(27)28)4-1-12-26(23)16-18-7-10-21-19(15-18)11-13-29-21/h1,4-10,15H,2-3,11-14,16H2,(H,27,28). The topological polar surface area (TPSA) is 59.0 Å². The zero-order valence-corrected chi connectivity index (χ0v) is 17.9. The van der Waals surface area contributed by atoms with E-state index in [4.69, 9.17) is 14.6 Å². The summed E-state index contributed by atoms with van der Waals surface area (Å²) in [5, 5.41) is 9.97. The second-order valence-corrected chi connectivity index (χ2v) is 8.52. The highest BCUT2D eigenvalue weighted by Crippen LogP contribution is 2.32. The number of allylic oxidation sites excluding steroid dienone is 1. The van der Waals surface area contributed by atoms with Gasteiger partial charge < -0.3 is 19.5 Å². The van der Waals surface area contributed by atoms with Crippen molar-refractivity contribution in [3.8, 4) is 5.75 Å². The van der Waals surface area contributed by atoms with E-state index in [0.29, 0.717) is 18.8 Å². The van der Waals surface area contributed by atoms with Crippen LogP contribution in [-0.4, -0.2) is 35.1 Å². The van der Waals surface area contributed by atoms with Crippen molar-refractivity contribution in [3.05, 3.63) is 87.9 Å². The molecule has 2 aromatic carbocycles. The first-order valence-corrected chi connectivity index (χ1v) is 11.3. The fourth-order valence-electron chi connectivity index (χ4n) is 3.72. The number of carbonyl (C=O) groups is 1. The minimum atomic E-state index is -1.32. The summed E-state index contributed by atoms with van der Waals surface area (Å²) in [7, 11) is 0. The van der Waals surface area contributed by atoms with E-state index >= 15 is 0 Å². The molecule has 0 unspecified atom stereocenters. The number of hydrogen-bond donors (Lipinski definition) is 1. The maximum absolute atomic E-state index is 13.1. The van der Waals surface area contributed by atoms with Crippen LogP contribution in [0.25, 0.3) is 0 Å².